The molecule has 0 spiro atoms. The van der Waals surface area contributed by atoms with E-state index in [1.54, 1.807) is 11.8 Å². The van der Waals surface area contributed by atoms with Gasteiger partial charge in [-0.2, -0.15) is 0 Å². The predicted molar refractivity (Wildman–Crippen MR) is 80.1 cm³/mol. The van der Waals surface area contributed by atoms with Gasteiger partial charge in [-0.25, -0.2) is 0 Å². The van der Waals surface area contributed by atoms with Crippen molar-refractivity contribution in [2.75, 3.05) is 17.3 Å². The third-order valence-electron chi connectivity index (χ3n) is 2.37. The lowest BCUT2D eigenvalue weighted by atomic mass is 10.2. The number of nitrogens with one attached hydrogen (secondary N) is 1. The van der Waals surface area contributed by atoms with Crippen LogP contribution in [0, 0.1) is 0 Å². The smallest absolute Gasteiger partial charge is 0.0530 e. The molecule has 2 aromatic carbocycles. The Morgan fingerprint density at radius 2 is 1.88 bits per heavy atom. The Morgan fingerprint density at radius 1 is 1.12 bits per heavy atom. The number of benzene rings is 2. The third kappa shape index (κ3) is 2.96. The molecule has 0 aliphatic rings. The molecule has 4 heteroatoms. The third-order valence-corrected chi connectivity index (χ3v) is 3.82. The van der Waals surface area contributed by atoms with E-state index in [0.717, 1.165) is 21.5 Å². The summed E-state index contributed by atoms with van der Waals surface area (Å²) in [4.78, 5) is 1.22. The van der Waals surface area contributed by atoms with Crippen LogP contribution in [0.2, 0.25) is 0 Å². The van der Waals surface area contributed by atoms with Crippen molar-refractivity contribution < 1.29 is 0 Å². The molecule has 0 radical (unpaired) electrons. The predicted octanol–water partition coefficient (Wildman–Crippen LogP) is 4.50. The second-order valence-corrected chi connectivity index (χ2v) is 5.27. The van der Waals surface area contributed by atoms with Gasteiger partial charge in [-0.1, -0.05) is 12.1 Å². The summed E-state index contributed by atoms with van der Waals surface area (Å²) in [6.45, 7) is 0. The summed E-state index contributed by atoms with van der Waals surface area (Å²) >= 11 is 5.22. The van der Waals surface area contributed by atoms with Crippen LogP contribution in [-0.2, 0) is 0 Å². The number of rotatable bonds is 3. The molecule has 0 bridgehead atoms. The number of nitrogens with two attached hydrogens (primary N) is 1. The van der Waals surface area contributed by atoms with Crippen LogP contribution in [0.1, 0.15) is 0 Å². The maximum Gasteiger partial charge on any atom is 0.0530 e. The molecule has 2 nitrogen and oxygen atoms in total. The van der Waals surface area contributed by atoms with Crippen LogP contribution >= 0.6 is 27.7 Å². The number of nitrogen functional groups attached to an aromatic ring is 1. The Morgan fingerprint density at radius 3 is 2.59 bits per heavy atom. The molecule has 3 N–H and O–H groups in total. The second kappa shape index (κ2) is 5.47. The number of anilines is 3. The number of hydrogen-bond donors (Lipinski definition) is 2. The van der Waals surface area contributed by atoms with E-state index < -0.39 is 0 Å². The molecule has 2 rings (SSSR count). The first-order valence-electron chi connectivity index (χ1n) is 5.16. The van der Waals surface area contributed by atoms with Crippen molar-refractivity contribution in [3.8, 4) is 0 Å². The van der Waals surface area contributed by atoms with E-state index in [1.165, 1.54) is 4.90 Å². The van der Waals surface area contributed by atoms with Gasteiger partial charge in [-0.05, 0) is 52.5 Å². The maximum atomic E-state index is 5.72. The molecular formula is C13H13BrN2S. The van der Waals surface area contributed by atoms with Crippen molar-refractivity contribution in [2.24, 2.45) is 0 Å². The van der Waals surface area contributed by atoms with Gasteiger partial charge in [0, 0.05) is 15.1 Å². The van der Waals surface area contributed by atoms with Gasteiger partial charge in [0.25, 0.3) is 0 Å². The zero-order valence-corrected chi connectivity index (χ0v) is 11.8. The minimum atomic E-state index is 0.751. The Kier molecular flexibility index (Phi) is 3.97. The molecule has 88 valence electrons. The van der Waals surface area contributed by atoms with Crippen LogP contribution in [0.15, 0.2) is 51.8 Å². The van der Waals surface area contributed by atoms with Crippen molar-refractivity contribution in [3.05, 3.63) is 46.9 Å². The summed E-state index contributed by atoms with van der Waals surface area (Å²) < 4.78 is 0.966. The first-order valence-corrected chi connectivity index (χ1v) is 7.17. The van der Waals surface area contributed by atoms with E-state index in [-0.39, 0.29) is 0 Å². The molecule has 0 aliphatic carbocycles. The van der Waals surface area contributed by atoms with Gasteiger partial charge in [0.15, 0.2) is 0 Å². The summed E-state index contributed by atoms with van der Waals surface area (Å²) in [6.07, 6.45) is 2.07. The largest absolute Gasteiger partial charge is 0.399 e. The van der Waals surface area contributed by atoms with E-state index in [1.807, 2.05) is 30.3 Å². The summed E-state index contributed by atoms with van der Waals surface area (Å²) in [6, 6.07) is 14.0. The van der Waals surface area contributed by atoms with Crippen LogP contribution in [0.4, 0.5) is 17.1 Å². The summed E-state index contributed by atoms with van der Waals surface area (Å²) in [5.41, 5.74) is 8.58. The number of para-hydroxylation sites is 1. The van der Waals surface area contributed by atoms with Crippen molar-refractivity contribution in [1.29, 1.82) is 0 Å². The van der Waals surface area contributed by atoms with E-state index in [9.17, 15) is 0 Å². The van der Waals surface area contributed by atoms with Crippen molar-refractivity contribution in [1.82, 2.24) is 0 Å². The minimum Gasteiger partial charge on any atom is -0.399 e. The second-order valence-electron chi connectivity index (χ2n) is 3.56. The monoisotopic (exact) mass is 308 g/mol. The van der Waals surface area contributed by atoms with Gasteiger partial charge in [0.05, 0.1) is 11.4 Å². The summed E-state index contributed by atoms with van der Waals surface area (Å²) in [5.74, 6) is 0. The molecule has 0 heterocycles. The molecular weight excluding hydrogens is 296 g/mol. The molecule has 2 aromatic rings. The van der Waals surface area contributed by atoms with E-state index >= 15 is 0 Å². The molecule has 0 saturated heterocycles. The van der Waals surface area contributed by atoms with Crippen LogP contribution in [0.5, 0.6) is 0 Å². The van der Waals surface area contributed by atoms with Gasteiger partial charge in [0.1, 0.15) is 0 Å². The summed E-state index contributed by atoms with van der Waals surface area (Å²) in [5, 5.41) is 3.40. The van der Waals surface area contributed by atoms with Crippen LogP contribution < -0.4 is 11.1 Å². The quantitative estimate of drug-likeness (QED) is 0.648. The van der Waals surface area contributed by atoms with Gasteiger partial charge < -0.3 is 11.1 Å². The highest BCUT2D eigenvalue weighted by molar-refractivity contribution is 9.10. The van der Waals surface area contributed by atoms with E-state index in [2.05, 4.69) is 39.6 Å². The van der Waals surface area contributed by atoms with Crippen molar-refractivity contribution in [3.63, 3.8) is 0 Å². The molecule has 0 aromatic heterocycles. The zero-order valence-electron chi connectivity index (χ0n) is 9.41. The average molecular weight is 309 g/mol. The van der Waals surface area contributed by atoms with Gasteiger partial charge >= 0.3 is 0 Å². The number of halogens is 1. The topological polar surface area (TPSA) is 38.0 Å². The lowest BCUT2D eigenvalue weighted by molar-refractivity contribution is 1.41. The zero-order chi connectivity index (χ0) is 12.3. The highest BCUT2D eigenvalue weighted by Gasteiger charge is 2.04. The Bertz CT molecular complexity index is 529. The minimum absolute atomic E-state index is 0.751. The molecule has 0 amide bonds. The highest BCUT2D eigenvalue weighted by Crippen LogP contribution is 2.32. The average Bonchev–Trinajstić information content (AvgIpc) is 2.33. The highest BCUT2D eigenvalue weighted by atomic mass is 79.9. The van der Waals surface area contributed by atoms with Crippen molar-refractivity contribution >= 4 is 44.8 Å². The van der Waals surface area contributed by atoms with Crippen LogP contribution in [-0.4, -0.2) is 6.26 Å². The van der Waals surface area contributed by atoms with Gasteiger partial charge in [-0.3, -0.25) is 0 Å². The fourth-order valence-corrected chi connectivity index (χ4v) is 2.57. The Hall–Kier alpha value is -1.13. The van der Waals surface area contributed by atoms with Crippen LogP contribution in [0.25, 0.3) is 0 Å². The Balaban J connectivity index is 2.31. The molecule has 0 fully saturated rings. The first-order chi connectivity index (χ1) is 8.20. The first kappa shape index (κ1) is 12.3. The van der Waals surface area contributed by atoms with E-state index in [4.69, 9.17) is 5.73 Å². The fourth-order valence-electron chi connectivity index (χ4n) is 1.53. The van der Waals surface area contributed by atoms with Crippen LogP contribution in [0.3, 0.4) is 0 Å². The molecule has 17 heavy (non-hydrogen) atoms. The lowest BCUT2D eigenvalue weighted by Gasteiger charge is -2.12. The normalized spacial score (nSPS) is 10.2. The molecule has 0 unspecified atom stereocenters. The number of hydrogen-bond acceptors (Lipinski definition) is 3. The molecule has 0 aliphatic heterocycles. The lowest BCUT2D eigenvalue weighted by Crippen LogP contribution is -1.94. The molecule has 0 atom stereocenters. The van der Waals surface area contributed by atoms with Crippen molar-refractivity contribution in [2.45, 2.75) is 4.90 Å². The van der Waals surface area contributed by atoms with Gasteiger partial charge in [0.2, 0.25) is 0 Å². The van der Waals surface area contributed by atoms with Gasteiger partial charge in [-0.15, -0.1) is 11.8 Å². The summed E-state index contributed by atoms with van der Waals surface area (Å²) in [7, 11) is 0. The SMILES string of the molecule is CSc1ccccc1Nc1ccc(N)cc1Br. The van der Waals surface area contributed by atoms with E-state index in [0.29, 0.717) is 0 Å². The Labute approximate surface area is 114 Å². The molecule has 0 saturated carbocycles. The standard InChI is InChI=1S/C13H13BrN2S/c1-17-13-5-3-2-4-12(13)16-11-7-6-9(15)8-10(11)14/h2-8,16H,15H2,1H3. The number of thioether (sulfide) groups is 1. The fraction of sp³-hybridized carbons (Fsp3) is 0.0769. The maximum absolute atomic E-state index is 5.72.